The van der Waals surface area contributed by atoms with Gasteiger partial charge in [-0.3, -0.25) is 14.4 Å². The Kier molecular flexibility index (Phi) is 5.79. The van der Waals surface area contributed by atoms with Crippen LogP contribution in [0.25, 0.3) is 0 Å². The number of nitrogens with one attached hydrogen (secondary N) is 1. The van der Waals surface area contributed by atoms with Crippen molar-refractivity contribution in [1.82, 2.24) is 10.2 Å². The molecule has 0 atom stereocenters. The van der Waals surface area contributed by atoms with E-state index in [-0.39, 0.29) is 30.9 Å². The molecule has 2 N–H and O–H groups in total. The van der Waals surface area contributed by atoms with Crippen LogP contribution in [0.15, 0.2) is 0 Å². The van der Waals surface area contributed by atoms with E-state index in [1.165, 1.54) is 4.90 Å². The highest BCUT2D eigenvalue weighted by Crippen LogP contribution is 2.26. The fourth-order valence-corrected chi connectivity index (χ4v) is 1.74. The first kappa shape index (κ1) is 15.5. The van der Waals surface area contributed by atoms with Crippen LogP contribution in [0.2, 0.25) is 0 Å². The molecule has 1 aliphatic rings. The molecule has 1 aliphatic carbocycles. The second-order valence-electron chi connectivity index (χ2n) is 5.36. The number of carbonyl (C=O) groups excluding carboxylic acids is 2. The van der Waals surface area contributed by atoms with Gasteiger partial charge in [0.1, 0.15) is 6.54 Å². The lowest BCUT2D eigenvalue weighted by Crippen LogP contribution is -2.43. The van der Waals surface area contributed by atoms with E-state index >= 15 is 0 Å². The summed E-state index contributed by atoms with van der Waals surface area (Å²) in [5.41, 5.74) is 0. The Morgan fingerprint density at radius 1 is 1.32 bits per heavy atom. The fraction of sp³-hybridized carbons (Fsp3) is 0.769. The SMILES string of the molecule is CC(C)CCC(=O)NCC(=O)N(CC(=O)O)C1CC1. The van der Waals surface area contributed by atoms with Gasteiger partial charge in [-0.15, -0.1) is 0 Å². The van der Waals surface area contributed by atoms with Crippen LogP contribution < -0.4 is 5.32 Å². The summed E-state index contributed by atoms with van der Waals surface area (Å²) in [7, 11) is 0. The maximum atomic E-state index is 11.9. The molecule has 0 aromatic carbocycles. The van der Waals surface area contributed by atoms with Gasteiger partial charge in [-0.2, -0.15) is 0 Å². The van der Waals surface area contributed by atoms with Crippen LogP contribution in [0, 0.1) is 5.92 Å². The molecular weight excluding hydrogens is 248 g/mol. The van der Waals surface area contributed by atoms with Gasteiger partial charge in [-0.25, -0.2) is 0 Å². The van der Waals surface area contributed by atoms with Crippen molar-refractivity contribution in [3.05, 3.63) is 0 Å². The molecule has 6 nitrogen and oxygen atoms in total. The van der Waals surface area contributed by atoms with Crippen LogP contribution in [0.3, 0.4) is 0 Å². The zero-order valence-corrected chi connectivity index (χ0v) is 11.5. The minimum Gasteiger partial charge on any atom is -0.480 e. The van der Waals surface area contributed by atoms with E-state index in [1.807, 2.05) is 13.8 Å². The van der Waals surface area contributed by atoms with Gasteiger partial charge in [0.25, 0.3) is 0 Å². The molecule has 0 radical (unpaired) electrons. The summed E-state index contributed by atoms with van der Waals surface area (Å²) in [6.07, 6.45) is 2.87. The van der Waals surface area contributed by atoms with Crippen LogP contribution in [0.4, 0.5) is 0 Å². The third kappa shape index (κ3) is 6.22. The van der Waals surface area contributed by atoms with Crippen molar-refractivity contribution in [2.45, 2.75) is 45.6 Å². The zero-order valence-electron chi connectivity index (χ0n) is 11.5. The highest BCUT2D eigenvalue weighted by molar-refractivity contribution is 5.87. The quantitative estimate of drug-likeness (QED) is 0.676. The van der Waals surface area contributed by atoms with E-state index in [9.17, 15) is 14.4 Å². The van der Waals surface area contributed by atoms with Crippen molar-refractivity contribution in [2.24, 2.45) is 5.92 Å². The number of amides is 2. The average molecular weight is 270 g/mol. The Bertz CT molecular complexity index is 351. The Morgan fingerprint density at radius 3 is 2.42 bits per heavy atom. The van der Waals surface area contributed by atoms with E-state index in [0.29, 0.717) is 12.3 Å². The summed E-state index contributed by atoms with van der Waals surface area (Å²) in [6.45, 7) is 3.66. The van der Waals surface area contributed by atoms with Crippen molar-refractivity contribution >= 4 is 17.8 Å². The number of nitrogens with zero attached hydrogens (tertiary/aromatic N) is 1. The van der Waals surface area contributed by atoms with E-state index < -0.39 is 5.97 Å². The number of hydrogen-bond donors (Lipinski definition) is 2. The minimum atomic E-state index is -1.02. The van der Waals surface area contributed by atoms with Crippen molar-refractivity contribution in [3.63, 3.8) is 0 Å². The Morgan fingerprint density at radius 2 is 1.95 bits per heavy atom. The van der Waals surface area contributed by atoms with E-state index in [1.54, 1.807) is 0 Å². The second kappa shape index (κ2) is 7.11. The summed E-state index contributed by atoms with van der Waals surface area (Å²) in [4.78, 5) is 35.4. The van der Waals surface area contributed by atoms with E-state index in [4.69, 9.17) is 5.11 Å². The molecule has 0 aliphatic heterocycles. The molecule has 0 aromatic rings. The van der Waals surface area contributed by atoms with Crippen LogP contribution in [0.1, 0.15) is 39.5 Å². The third-order valence-corrected chi connectivity index (χ3v) is 3.00. The first-order valence-corrected chi connectivity index (χ1v) is 6.68. The Balaban J connectivity index is 2.31. The maximum Gasteiger partial charge on any atom is 0.323 e. The number of carboxylic acid groups (broad SMARTS) is 1. The van der Waals surface area contributed by atoms with Gasteiger partial charge in [0.15, 0.2) is 0 Å². The third-order valence-electron chi connectivity index (χ3n) is 3.00. The summed E-state index contributed by atoms with van der Waals surface area (Å²) in [6, 6.07) is 0.0381. The number of rotatable bonds is 8. The van der Waals surface area contributed by atoms with Gasteiger partial charge in [-0.1, -0.05) is 13.8 Å². The van der Waals surface area contributed by atoms with E-state index in [2.05, 4.69) is 5.32 Å². The molecule has 19 heavy (non-hydrogen) atoms. The predicted octanol–water partition coefficient (Wildman–Crippen LogP) is 0.614. The predicted molar refractivity (Wildman–Crippen MR) is 69.5 cm³/mol. The molecule has 0 aromatic heterocycles. The summed E-state index contributed by atoms with van der Waals surface area (Å²) in [5, 5.41) is 11.3. The molecule has 0 bridgehead atoms. The number of aliphatic carboxylic acids is 1. The molecule has 108 valence electrons. The minimum absolute atomic E-state index is 0.0381. The number of hydrogen-bond acceptors (Lipinski definition) is 3. The molecule has 1 rings (SSSR count). The molecule has 0 saturated heterocycles. The van der Waals surface area contributed by atoms with Crippen molar-refractivity contribution in [2.75, 3.05) is 13.1 Å². The van der Waals surface area contributed by atoms with Gasteiger partial charge < -0.3 is 15.3 Å². The largest absolute Gasteiger partial charge is 0.480 e. The molecule has 0 spiro atoms. The van der Waals surface area contributed by atoms with Crippen LogP contribution in [-0.4, -0.2) is 46.9 Å². The highest BCUT2D eigenvalue weighted by atomic mass is 16.4. The zero-order chi connectivity index (χ0) is 14.4. The molecule has 2 amide bonds. The highest BCUT2D eigenvalue weighted by Gasteiger charge is 2.33. The van der Waals surface area contributed by atoms with Gasteiger partial charge >= 0.3 is 5.97 Å². The van der Waals surface area contributed by atoms with Crippen molar-refractivity contribution in [1.29, 1.82) is 0 Å². The Labute approximate surface area is 113 Å². The topological polar surface area (TPSA) is 86.7 Å². The van der Waals surface area contributed by atoms with Gasteiger partial charge in [-0.05, 0) is 25.2 Å². The molecule has 6 heteroatoms. The standard InChI is InChI=1S/C13H22N2O4/c1-9(2)3-6-11(16)14-7-12(17)15(8-13(18)19)10-4-5-10/h9-10H,3-8H2,1-2H3,(H,14,16)(H,18,19). The lowest BCUT2D eigenvalue weighted by Gasteiger charge is -2.20. The van der Waals surface area contributed by atoms with Crippen molar-refractivity contribution < 1.29 is 19.5 Å². The summed E-state index contributed by atoms with van der Waals surface area (Å²) < 4.78 is 0. The lowest BCUT2D eigenvalue weighted by molar-refractivity contribution is -0.144. The van der Waals surface area contributed by atoms with Crippen LogP contribution >= 0.6 is 0 Å². The second-order valence-corrected chi connectivity index (χ2v) is 5.36. The Hall–Kier alpha value is -1.59. The average Bonchev–Trinajstić information content (AvgIpc) is 3.14. The van der Waals surface area contributed by atoms with Gasteiger partial charge in [0.05, 0.1) is 6.54 Å². The first-order valence-electron chi connectivity index (χ1n) is 6.68. The maximum absolute atomic E-state index is 11.9. The van der Waals surface area contributed by atoms with Crippen LogP contribution in [0.5, 0.6) is 0 Å². The molecular formula is C13H22N2O4. The van der Waals surface area contributed by atoms with Crippen molar-refractivity contribution in [3.8, 4) is 0 Å². The smallest absolute Gasteiger partial charge is 0.323 e. The van der Waals surface area contributed by atoms with Crippen LogP contribution in [-0.2, 0) is 14.4 Å². The number of carbonyl (C=O) groups is 3. The molecule has 1 fully saturated rings. The summed E-state index contributed by atoms with van der Waals surface area (Å²) >= 11 is 0. The molecule has 0 unspecified atom stereocenters. The van der Waals surface area contributed by atoms with Gasteiger partial charge in [0, 0.05) is 12.5 Å². The first-order chi connectivity index (χ1) is 8.90. The van der Waals surface area contributed by atoms with Gasteiger partial charge in [0.2, 0.25) is 11.8 Å². The van der Waals surface area contributed by atoms with E-state index in [0.717, 1.165) is 19.3 Å². The summed E-state index contributed by atoms with van der Waals surface area (Å²) in [5.74, 6) is -1.06. The molecule has 0 heterocycles. The number of carboxylic acids is 1. The monoisotopic (exact) mass is 270 g/mol. The fourth-order valence-electron chi connectivity index (χ4n) is 1.74. The molecule has 1 saturated carbocycles. The lowest BCUT2D eigenvalue weighted by atomic mass is 10.1. The normalized spacial score (nSPS) is 14.3.